The Balaban J connectivity index is 2.85. The third-order valence-corrected chi connectivity index (χ3v) is 1.74. The fourth-order valence-electron chi connectivity index (χ4n) is 1.06. The summed E-state index contributed by atoms with van der Waals surface area (Å²) in [5.41, 5.74) is 6.57. The van der Waals surface area contributed by atoms with E-state index in [9.17, 15) is 0 Å². The highest BCUT2D eigenvalue weighted by atomic mass is 16.5. The summed E-state index contributed by atoms with van der Waals surface area (Å²) >= 11 is 0. The van der Waals surface area contributed by atoms with E-state index in [1.54, 1.807) is 0 Å². The van der Waals surface area contributed by atoms with Gasteiger partial charge in [0.2, 0.25) is 5.88 Å². The van der Waals surface area contributed by atoms with Gasteiger partial charge < -0.3 is 10.5 Å². The standard InChI is InChI=1S/C9H15N3O/c1-3-5-13-9-7(4-2)8(10)11-6-12-9/h6H,3-5H2,1-2H3,(H2,10,11,12). The molecule has 0 atom stereocenters. The van der Waals surface area contributed by atoms with Crippen LogP contribution in [0, 0.1) is 0 Å². The van der Waals surface area contributed by atoms with Gasteiger partial charge in [-0.25, -0.2) is 9.97 Å². The molecule has 0 aromatic carbocycles. The van der Waals surface area contributed by atoms with Crippen molar-refractivity contribution in [2.45, 2.75) is 26.7 Å². The molecule has 4 heteroatoms. The quantitative estimate of drug-likeness (QED) is 0.762. The summed E-state index contributed by atoms with van der Waals surface area (Å²) in [5.74, 6) is 1.14. The van der Waals surface area contributed by atoms with Crippen LogP contribution in [0.4, 0.5) is 5.82 Å². The smallest absolute Gasteiger partial charge is 0.221 e. The second-order valence-electron chi connectivity index (χ2n) is 2.74. The van der Waals surface area contributed by atoms with E-state index in [1.807, 2.05) is 6.92 Å². The van der Waals surface area contributed by atoms with Crippen LogP contribution in [0.5, 0.6) is 5.88 Å². The van der Waals surface area contributed by atoms with Crippen LogP contribution >= 0.6 is 0 Å². The molecular weight excluding hydrogens is 166 g/mol. The van der Waals surface area contributed by atoms with Gasteiger partial charge in [0.1, 0.15) is 12.1 Å². The third-order valence-electron chi connectivity index (χ3n) is 1.74. The van der Waals surface area contributed by atoms with Gasteiger partial charge in [0, 0.05) is 0 Å². The summed E-state index contributed by atoms with van der Waals surface area (Å²) in [4.78, 5) is 7.94. The SMILES string of the molecule is CCCOc1ncnc(N)c1CC. The van der Waals surface area contributed by atoms with Crippen LogP contribution in [0.1, 0.15) is 25.8 Å². The first-order chi connectivity index (χ1) is 6.29. The molecule has 0 aliphatic rings. The lowest BCUT2D eigenvalue weighted by Gasteiger charge is -2.08. The van der Waals surface area contributed by atoms with Gasteiger partial charge in [0.15, 0.2) is 0 Å². The van der Waals surface area contributed by atoms with E-state index in [2.05, 4.69) is 16.9 Å². The minimum absolute atomic E-state index is 0.517. The lowest BCUT2D eigenvalue weighted by Crippen LogP contribution is -2.05. The minimum Gasteiger partial charge on any atom is -0.477 e. The van der Waals surface area contributed by atoms with Crippen molar-refractivity contribution in [3.8, 4) is 5.88 Å². The molecule has 0 spiro atoms. The van der Waals surface area contributed by atoms with Gasteiger partial charge in [-0.15, -0.1) is 0 Å². The molecule has 1 aromatic rings. The second kappa shape index (κ2) is 4.64. The van der Waals surface area contributed by atoms with E-state index in [-0.39, 0.29) is 0 Å². The van der Waals surface area contributed by atoms with E-state index in [1.165, 1.54) is 6.33 Å². The van der Waals surface area contributed by atoms with Crippen molar-refractivity contribution in [2.24, 2.45) is 0 Å². The maximum atomic E-state index is 5.67. The zero-order chi connectivity index (χ0) is 9.68. The fourth-order valence-corrected chi connectivity index (χ4v) is 1.06. The molecule has 0 amide bonds. The average molecular weight is 181 g/mol. The molecule has 0 saturated carbocycles. The van der Waals surface area contributed by atoms with Crippen LogP contribution in [-0.2, 0) is 6.42 Å². The molecule has 0 saturated heterocycles. The number of nitrogens with two attached hydrogens (primary N) is 1. The zero-order valence-electron chi connectivity index (χ0n) is 8.08. The molecule has 0 unspecified atom stereocenters. The monoisotopic (exact) mass is 181 g/mol. The Morgan fingerprint density at radius 3 is 2.77 bits per heavy atom. The van der Waals surface area contributed by atoms with Crippen molar-refractivity contribution >= 4 is 5.82 Å². The second-order valence-corrected chi connectivity index (χ2v) is 2.74. The fraction of sp³-hybridized carbons (Fsp3) is 0.556. The number of aromatic nitrogens is 2. The molecule has 72 valence electrons. The predicted octanol–water partition coefficient (Wildman–Crippen LogP) is 1.41. The Kier molecular flexibility index (Phi) is 3.49. The van der Waals surface area contributed by atoms with Crippen LogP contribution in [-0.4, -0.2) is 16.6 Å². The molecule has 13 heavy (non-hydrogen) atoms. The largest absolute Gasteiger partial charge is 0.477 e. The van der Waals surface area contributed by atoms with Crippen LogP contribution < -0.4 is 10.5 Å². The summed E-state index contributed by atoms with van der Waals surface area (Å²) in [6.45, 7) is 4.73. The Bertz CT molecular complexity index is 276. The summed E-state index contributed by atoms with van der Waals surface area (Å²) < 4.78 is 5.43. The maximum Gasteiger partial charge on any atom is 0.221 e. The van der Waals surface area contributed by atoms with E-state index in [0.717, 1.165) is 18.4 Å². The summed E-state index contributed by atoms with van der Waals surface area (Å²) in [6, 6.07) is 0. The molecule has 0 aliphatic carbocycles. The van der Waals surface area contributed by atoms with Gasteiger partial charge in [-0.2, -0.15) is 0 Å². The number of anilines is 1. The van der Waals surface area contributed by atoms with Gasteiger partial charge >= 0.3 is 0 Å². The number of ether oxygens (including phenoxy) is 1. The Labute approximate surface area is 78.1 Å². The predicted molar refractivity (Wildman–Crippen MR) is 51.6 cm³/mol. The Morgan fingerprint density at radius 2 is 2.15 bits per heavy atom. The van der Waals surface area contributed by atoms with Crippen molar-refractivity contribution < 1.29 is 4.74 Å². The summed E-state index contributed by atoms with van der Waals surface area (Å²) in [5, 5.41) is 0. The van der Waals surface area contributed by atoms with E-state index < -0.39 is 0 Å². The van der Waals surface area contributed by atoms with E-state index in [0.29, 0.717) is 18.3 Å². The van der Waals surface area contributed by atoms with Gasteiger partial charge in [-0.05, 0) is 12.8 Å². The maximum absolute atomic E-state index is 5.67. The zero-order valence-corrected chi connectivity index (χ0v) is 8.08. The van der Waals surface area contributed by atoms with Crippen LogP contribution in [0.15, 0.2) is 6.33 Å². The Morgan fingerprint density at radius 1 is 1.38 bits per heavy atom. The first kappa shape index (κ1) is 9.77. The van der Waals surface area contributed by atoms with Crippen molar-refractivity contribution in [1.82, 2.24) is 9.97 Å². The molecular formula is C9H15N3O. The lowest BCUT2D eigenvalue weighted by atomic mass is 10.2. The number of rotatable bonds is 4. The molecule has 1 aromatic heterocycles. The molecule has 0 fully saturated rings. The highest BCUT2D eigenvalue weighted by molar-refractivity contribution is 5.44. The summed E-state index contributed by atoms with van der Waals surface area (Å²) in [7, 11) is 0. The first-order valence-electron chi connectivity index (χ1n) is 4.51. The number of hydrogen-bond donors (Lipinski definition) is 1. The van der Waals surface area contributed by atoms with Gasteiger partial charge in [0.25, 0.3) is 0 Å². The first-order valence-corrected chi connectivity index (χ1v) is 4.51. The summed E-state index contributed by atoms with van der Waals surface area (Å²) in [6.07, 6.45) is 3.19. The van der Waals surface area contributed by atoms with Gasteiger partial charge in [0.05, 0.1) is 12.2 Å². The van der Waals surface area contributed by atoms with Gasteiger partial charge in [-0.3, -0.25) is 0 Å². The average Bonchev–Trinajstić information content (AvgIpc) is 2.15. The molecule has 1 heterocycles. The van der Waals surface area contributed by atoms with Crippen molar-refractivity contribution in [1.29, 1.82) is 0 Å². The highest BCUT2D eigenvalue weighted by Crippen LogP contribution is 2.19. The third kappa shape index (κ3) is 2.31. The Hall–Kier alpha value is -1.32. The number of nitrogens with zero attached hydrogens (tertiary/aromatic N) is 2. The number of nitrogen functional groups attached to an aromatic ring is 1. The highest BCUT2D eigenvalue weighted by Gasteiger charge is 2.07. The molecule has 0 bridgehead atoms. The molecule has 0 aliphatic heterocycles. The number of hydrogen-bond acceptors (Lipinski definition) is 4. The van der Waals surface area contributed by atoms with Gasteiger partial charge in [-0.1, -0.05) is 13.8 Å². The van der Waals surface area contributed by atoms with Crippen LogP contribution in [0.25, 0.3) is 0 Å². The molecule has 1 rings (SSSR count). The van der Waals surface area contributed by atoms with Crippen LogP contribution in [0.2, 0.25) is 0 Å². The topological polar surface area (TPSA) is 61.0 Å². The van der Waals surface area contributed by atoms with Crippen LogP contribution in [0.3, 0.4) is 0 Å². The normalized spacial score (nSPS) is 10.0. The van der Waals surface area contributed by atoms with E-state index in [4.69, 9.17) is 10.5 Å². The van der Waals surface area contributed by atoms with Crippen molar-refractivity contribution in [2.75, 3.05) is 12.3 Å². The van der Waals surface area contributed by atoms with Crippen molar-refractivity contribution in [3.63, 3.8) is 0 Å². The lowest BCUT2D eigenvalue weighted by molar-refractivity contribution is 0.301. The molecule has 4 nitrogen and oxygen atoms in total. The van der Waals surface area contributed by atoms with E-state index >= 15 is 0 Å². The van der Waals surface area contributed by atoms with Crippen molar-refractivity contribution in [3.05, 3.63) is 11.9 Å². The molecule has 0 radical (unpaired) electrons. The molecule has 2 N–H and O–H groups in total. The minimum atomic E-state index is 0.517.